The Hall–Kier alpha value is -1.08. The highest BCUT2D eigenvalue weighted by molar-refractivity contribution is 8.01. The van der Waals surface area contributed by atoms with Gasteiger partial charge >= 0.3 is 17.8 Å². The van der Waals surface area contributed by atoms with Crippen LogP contribution in [-0.4, -0.2) is 43.6 Å². The molecule has 2 rings (SSSR count). The van der Waals surface area contributed by atoms with Gasteiger partial charge in [0, 0.05) is 0 Å². The van der Waals surface area contributed by atoms with E-state index in [0.717, 1.165) is 0 Å². The lowest BCUT2D eigenvalue weighted by molar-refractivity contribution is -0.819. The number of fused-ring (bicyclic) bond motifs is 1. The molecule has 0 aromatic carbocycles. The highest BCUT2D eigenvalue weighted by Crippen LogP contribution is 2.56. The van der Waals surface area contributed by atoms with Crippen molar-refractivity contribution in [1.82, 2.24) is 0 Å². The number of nitrogens with one attached hydrogen (secondary N) is 1. The Kier molecular flexibility index (Phi) is 2.13. The van der Waals surface area contributed by atoms with Crippen molar-refractivity contribution in [3.05, 3.63) is 0 Å². The van der Waals surface area contributed by atoms with Crippen LogP contribution in [0, 0.1) is 5.41 Å². The first-order valence-electron chi connectivity index (χ1n) is 4.91. The lowest BCUT2D eigenvalue weighted by atomic mass is 9.94. The minimum atomic E-state index is -1.07. The molecule has 0 saturated carbocycles. The molecule has 1 unspecified atom stereocenters. The van der Waals surface area contributed by atoms with Gasteiger partial charge in [0.2, 0.25) is 6.04 Å². The van der Waals surface area contributed by atoms with Crippen molar-refractivity contribution < 1.29 is 19.2 Å². The van der Waals surface area contributed by atoms with Crippen LogP contribution in [0.5, 0.6) is 0 Å². The Labute approximate surface area is 96.9 Å². The summed E-state index contributed by atoms with van der Waals surface area (Å²) < 4.78 is -1.08. The molecule has 0 aromatic rings. The number of hydrogen-bond acceptors (Lipinski definition) is 4. The van der Waals surface area contributed by atoms with Crippen molar-refractivity contribution >= 4 is 29.6 Å². The van der Waals surface area contributed by atoms with Gasteiger partial charge in [-0.15, -0.1) is 0 Å². The van der Waals surface area contributed by atoms with E-state index in [-0.39, 0.29) is 17.2 Å². The molecular weight excluding hydrogens is 230 g/mol. The molecule has 2 aliphatic heterocycles. The monoisotopic (exact) mass is 244 g/mol. The van der Waals surface area contributed by atoms with E-state index in [2.05, 4.69) is 0 Å². The number of carboxylic acid groups (broad SMARTS) is 1. The summed E-state index contributed by atoms with van der Waals surface area (Å²) in [5.74, 6) is -1.68. The number of carbonyl (C=O) groups is 2. The Morgan fingerprint density at radius 1 is 1.69 bits per heavy atom. The predicted octanol–water partition coefficient (Wildman–Crippen LogP) is -0.0683. The number of thioether (sulfide) groups is 1. The molecule has 1 amide bonds. The molecule has 0 spiro atoms. The summed E-state index contributed by atoms with van der Waals surface area (Å²) in [6, 6.07) is -0.957. The van der Waals surface area contributed by atoms with Gasteiger partial charge in [0.15, 0.2) is 5.37 Å². The number of nitrogens with two attached hydrogens (primary N) is 1. The zero-order valence-corrected chi connectivity index (χ0v) is 9.87. The smallest absolute Gasteiger partial charge is 0.365 e. The Morgan fingerprint density at radius 2 is 2.25 bits per heavy atom. The average molecular weight is 244 g/mol. The van der Waals surface area contributed by atoms with Gasteiger partial charge in [-0.1, -0.05) is 11.8 Å². The lowest BCUT2D eigenvalue weighted by Gasteiger charge is -2.44. The van der Waals surface area contributed by atoms with Crippen LogP contribution in [-0.2, 0) is 9.59 Å². The number of aliphatic carboxylic acids is 1. The molecular formula is C9H14N3O3S+. The highest BCUT2D eigenvalue weighted by Gasteiger charge is 2.75. The van der Waals surface area contributed by atoms with Crippen LogP contribution in [0.25, 0.3) is 0 Å². The molecule has 0 aliphatic carbocycles. The largest absolute Gasteiger partial charge is 0.477 e. The van der Waals surface area contributed by atoms with Crippen LogP contribution in [0.3, 0.4) is 0 Å². The molecule has 0 bridgehead atoms. The third-order valence-electron chi connectivity index (χ3n) is 3.35. The van der Waals surface area contributed by atoms with Gasteiger partial charge in [0.25, 0.3) is 0 Å². The summed E-state index contributed by atoms with van der Waals surface area (Å²) in [7, 11) is 0. The third kappa shape index (κ3) is 1.04. The number of carboxylic acids is 1. The number of carbonyl (C=O) groups excluding carboxylic acids is 1. The molecule has 0 aromatic heterocycles. The second-order valence-corrected chi connectivity index (χ2v) is 6.51. The van der Waals surface area contributed by atoms with Crippen LogP contribution in [0.1, 0.15) is 20.3 Å². The van der Waals surface area contributed by atoms with Crippen molar-refractivity contribution in [3.8, 4) is 0 Å². The fraction of sp³-hybridized carbons (Fsp3) is 0.667. The topological polar surface area (TPSA) is 104 Å². The summed E-state index contributed by atoms with van der Waals surface area (Å²) in [6.07, 6.45) is 0.303. The summed E-state index contributed by atoms with van der Waals surface area (Å²) in [5, 5.41) is 16.6. The maximum absolute atomic E-state index is 11.8. The van der Waals surface area contributed by atoms with Crippen molar-refractivity contribution in [3.63, 3.8) is 0 Å². The highest BCUT2D eigenvalue weighted by atomic mass is 32.2. The van der Waals surface area contributed by atoms with Gasteiger partial charge in [-0.25, -0.2) is 15.0 Å². The minimum Gasteiger partial charge on any atom is -0.477 e. The van der Waals surface area contributed by atoms with Gasteiger partial charge in [-0.2, -0.15) is 4.48 Å². The molecule has 0 radical (unpaired) electrons. The molecule has 2 aliphatic rings. The quantitative estimate of drug-likeness (QED) is 0.259. The van der Waals surface area contributed by atoms with Crippen molar-refractivity contribution in [2.75, 3.05) is 0 Å². The molecule has 7 heteroatoms. The second kappa shape index (κ2) is 2.98. The number of guanidine groups is 1. The standard InChI is InChI=1S/C9H13N3O3S/c1-9(2)6(7(14)15)12(8(10)11)4(13)3-5(12)16-9/h5-6H,3H2,1-2H3,(H3-,10,11,14,15)/p+1/t5-,6+,12?/m1/s1. The number of β-lactam (4-membered cyclic amide) rings is 1. The van der Waals surface area contributed by atoms with E-state index in [9.17, 15) is 14.7 Å². The van der Waals surface area contributed by atoms with E-state index in [0.29, 0.717) is 6.42 Å². The molecule has 2 fully saturated rings. The third-order valence-corrected chi connectivity index (χ3v) is 4.96. The number of hydrogen-bond donors (Lipinski definition) is 3. The maximum Gasteiger partial charge on any atom is 0.365 e. The summed E-state index contributed by atoms with van der Waals surface area (Å²) in [5.41, 5.74) is 5.47. The number of quaternary nitrogens is 1. The molecule has 3 atom stereocenters. The Morgan fingerprint density at radius 3 is 2.56 bits per heavy atom. The van der Waals surface area contributed by atoms with E-state index in [4.69, 9.17) is 11.1 Å². The normalized spacial score (nSPS) is 40.0. The second-order valence-electron chi connectivity index (χ2n) is 4.68. The van der Waals surface area contributed by atoms with Gasteiger partial charge < -0.3 is 10.8 Å². The molecule has 2 saturated heterocycles. The van der Waals surface area contributed by atoms with Gasteiger partial charge in [-0.05, 0) is 13.8 Å². The molecule has 16 heavy (non-hydrogen) atoms. The molecule has 88 valence electrons. The van der Waals surface area contributed by atoms with E-state index < -0.39 is 21.2 Å². The van der Waals surface area contributed by atoms with E-state index in [1.807, 2.05) is 0 Å². The predicted molar refractivity (Wildman–Crippen MR) is 58.7 cm³/mol. The minimum absolute atomic E-state index is 0.207. The first kappa shape index (κ1) is 11.4. The summed E-state index contributed by atoms with van der Waals surface area (Å²) in [6.45, 7) is 3.57. The fourth-order valence-corrected chi connectivity index (χ4v) is 4.58. The number of rotatable bonds is 1. The fourth-order valence-electron chi connectivity index (χ4n) is 2.73. The molecule has 6 nitrogen and oxygen atoms in total. The van der Waals surface area contributed by atoms with Gasteiger partial charge in [0.1, 0.15) is 6.42 Å². The molecule has 4 N–H and O–H groups in total. The zero-order chi connectivity index (χ0) is 12.3. The summed E-state index contributed by atoms with van der Waals surface area (Å²) in [4.78, 5) is 23.1. The van der Waals surface area contributed by atoms with E-state index in [1.54, 1.807) is 13.8 Å². The van der Waals surface area contributed by atoms with Crippen molar-refractivity contribution in [1.29, 1.82) is 5.41 Å². The Bertz CT molecular complexity index is 399. The summed E-state index contributed by atoms with van der Waals surface area (Å²) >= 11 is 1.43. The Balaban J connectivity index is 2.56. The first-order chi connectivity index (χ1) is 7.24. The first-order valence-corrected chi connectivity index (χ1v) is 5.79. The SMILES string of the molecule is CC1(C)S[C@@H]2CC(=O)[N+]2(C(=N)N)[C@H]1C(=O)O. The van der Waals surface area contributed by atoms with E-state index >= 15 is 0 Å². The number of nitrogens with zero attached hydrogens (tertiary/aromatic N) is 1. The van der Waals surface area contributed by atoms with Crippen molar-refractivity contribution in [2.24, 2.45) is 5.73 Å². The van der Waals surface area contributed by atoms with E-state index in [1.165, 1.54) is 11.8 Å². The van der Waals surface area contributed by atoms with Crippen LogP contribution < -0.4 is 5.73 Å². The van der Waals surface area contributed by atoms with Gasteiger partial charge in [0.05, 0.1) is 4.75 Å². The molecule has 2 heterocycles. The maximum atomic E-state index is 11.8. The van der Waals surface area contributed by atoms with Gasteiger partial charge in [-0.3, -0.25) is 0 Å². The van der Waals surface area contributed by atoms with Crippen LogP contribution in [0.4, 0.5) is 0 Å². The number of amides is 1. The average Bonchev–Trinajstić information content (AvgIpc) is 2.29. The van der Waals surface area contributed by atoms with Crippen molar-refractivity contribution in [2.45, 2.75) is 36.4 Å². The van der Waals surface area contributed by atoms with Crippen LogP contribution in [0.2, 0.25) is 0 Å². The lowest BCUT2D eigenvalue weighted by Crippen LogP contribution is -2.76. The zero-order valence-electron chi connectivity index (χ0n) is 9.06. The van der Waals surface area contributed by atoms with Crippen LogP contribution >= 0.6 is 11.8 Å². The van der Waals surface area contributed by atoms with Crippen LogP contribution in [0.15, 0.2) is 0 Å².